The Morgan fingerprint density at radius 2 is 2.05 bits per heavy atom. The lowest BCUT2D eigenvalue weighted by Crippen LogP contribution is -2.08. The Kier molecular flexibility index (Phi) is 4.23. The summed E-state index contributed by atoms with van der Waals surface area (Å²) in [6, 6.07) is 4.45. The van der Waals surface area contributed by atoms with E-state index in [1.54, 1.807) is 10.7 Å². The molecule has 0 aliphatic carbocycles. The summed E-state index contributed by atoms with van der Waals surface area (Å²) in [5.41, 5.74) is 3.43. The third kappa shape index (κ3) is 3.07. The number of Topliss-reactive ketones (excluding diaryl/α,β-unsaturated/α-hetero) is 1. The Bertz CT molecular complexity index is 664. The van der Waals surface area contributed by atoms with Gasteiger partial charge in [0.1, 0.15) is 11.6 Å². The molecule has 1 heterocycles. The van der Waals surface area contributed by atoms with Gasteiger partial charge in [-0.3, -0.25) is 9.48 Å². The molecule has 106 valence electrons. The third-order valence-electron chi connectivity index (χ3n) is 3.42. The lowest BCUT2D eigenvalue weighted by Gasteiger charge is -2.04. The van der Waals surface area contributed by atoms with Crippen molar-refractivity contribution < 1.29 is 9.18 Å². The van der Waals surface area contributed by atoms with Crippen molar-refractivity contribution in [2.75, 3.05) is 0 Å². The largest absolute Gasteiger partial charge is 0.299 e. The summed E-state index contributed by atoms with van der Waals surface area (Å²) in [6.45, 7) is 3.82. The normalized spacial score (nSPS) is 10.8. The fourth-order valence-electron chi connectivity index (χ4n) is 2.21. The number of aryl methyl sites for hydroxylation is 2. The standard InChI is InChI=1S/C15H16ClFN2O/c1-9-13(10(2)19(3)18-9)8-12(20)6-11-4-5-14(16)15(17)7-11/h4-5,7H,6,8H2,1-3H3. The number of aromatic nitrogens is 2. The molecule has 2 rings (SSSR count). The van der Waals surface area contributed by atoms with Crippen molar-refractivity contribution in [1.29, 1.82) is 0 Å². The van der Waals surface area contributed by atoms with Crippen LogP contribution in [0.3, 0.4) is 0 Å². The van der Waals surface area contributed by atoms with Crippen LogP contribution in [0.5, 0.6) is 0 Å². The highest BCUT2D eigenvalue weighted by Gasteiger charge is 2.14. The van der Waals surface area contributed by atoms with Gasteiger partial charge in [0, 0.05) is 31.1 Å². The molecule has 0 atom stereocenters. The summed E-state index contributed by atoms with van der Waals surface area (Å²) in [4.78, 5) is 12.1. The first kappa shape index (κ1) is 14.7. The molecule has 0 bridgehead atoms. The summed E-state index contributed by atoms with van der Waals surface area (Å²) < 4.78 is 15.1. The van der Waals surface area contributed by atoms with Gasteiger partial charge in [-0.25, -0.2) is 4.39 Å². The fourth-order valence-corrected chi connectivity index (χ4v) is 2.33. The molecule has 2 aromatic rings. The van der Waals surface area contributed by atoms with Crippen molar-refractivity contribution in [2.24, 2.45) is 7.05 Å². The summed E-state index contributed by atoms with van der Waals surface area (Å²) in [7, 11) is 1.85. The zero-order valence-electron chi connectivity index (χ0n) is 11.7. The van der Waals surface area contributed by atoms with Crippen LogP contribution in [0.4, 0.5) is 4.39 Å². The molecule has 0 unspecified atom stereocenters. The van der Waals surface area contributed by atoms with E-state index in [1.165, 1.54) is 12.1 Å². The predicted molar refractivity (Wildman–Crippen MR) is 76.5 cm³/mol. The first-order valence-corrected chi connectivity index (χ1v) is 6.71. The maximum absolute atomic E-state index is 13.3. The molecule has 0 saturated heterocycles. The third-order valence-corrected chi connectivity index (χ3v) is 3.72. The van der Waals surface area contributed by atoms with Crippen LogP contribution in [0.15, 0.2) is 18.2 Å². The van der Waals surface area contributed by atoms with Gasteiger partial charge in [-0.15, -0.1) is 0 Å². The lowest BCUT2D eigenvalue weighted by atomic mass is 10.0. The maximum atomic E-state index is 13.3. The monoisotopic (exact) mass is 294 g/mol. The number of carbonyl (C=O) groups is 1. The maximum Gasteiger partial charge on any atom is 0.142 e. The molecule has 0 aliphatic heterocycles. The summed E-state index contributed by atoms with van der Waals surface area (Å²) in [5.74, 6) is -0.461. The molecule has 0 N–H and O–H groups in total. The van der Waals surface area contributed by atoms with Gasteiger partial charge in [-0.2, -0.15) is 5.10 Å². The predicted octanol–water partition coefficient (Wildman–Crippen LogP) is 3.18. The molecule has 0 aliphatic rings. The van der Waals surface area contributed by atoms with Crippen LogP contribution >= 0.6 is 11.6 Å². The highest BCUT2D eigenvalue weighted by Crippen LogP contribution is 2.18. The minimum atomic E-state index is -0.495. The van der Waals surface area contributed by atoms with Gasteiger partial charge in [0.2, 0.25) is 0 Å². The number of ketones is 1. The van der Waals surface area contributed by atoms with E-state index in [1.807, 2.05) is 20.9 Å². The average Bonchev–Trinajstić information content (AvgIpc) is 2.61. The van der Waals surface area contributed by atoms with Crippen LogP contribution in [-0.2, 0) is 24.7 Å². The number of rotatable bonds is 4. The van der Waals surface area contributed by atoms with Crippen LogP contribution in [0.2, 0.25) is 5.02 Å². The van der Waals surface area contributed by atoms with Gasteiger partial charge in [-0.1, -0.05) is 17.7 Å². The molecular formula is C15H16ClFN2O. The van der Waals surface area contributed by atoms with E-state index in [2.05, 4.69) is 5.10 Å². The van der Waals surface area contributed by atoms with E-state index in [0.29, 0.717) is 12.0 Å². The number of benzene rings is 1. The Morgan fingerprint density at radius 1 is 1.35 bits per heavy atom. The number of carbonyl (C=O) groups excluding carboxylic acids is 1. The minimum Gasteiger partial charge on any atom is -0.299 e. The fraction of sp³-hybridized carbons (Fsp3) is 0.333. The molecule has 20 heavy (non-hydrogen) atoms. The second-order valence-electron chi connectivity index (χ2n) is 4.91. The second-order valence-corrected chi connectivity index (χ2v) is 5.32. The van der Waals surface area contributed by atoms with Crippen LogP contribution in [-0.4, -0.2) is 15.6 Å². The highest BCUT2D eigenvalue weighted by atomic mass is 35.5. The van der Waals surface area contributed by atoms with E-state index in [-0.39, 0.29) is 17.2 Å². The number of hydrogen-bond donors (Lipinski definition) is 0. The van der Waals surface area contributed by atoms with Crippen molar-refractivity contribution in [3.05, 3.63) is 51.6 Å². The summed E-state index contributed by atoms with van der Waals surface area (Å²) in [5, 5.41) is 4.35. The van der Waals surface area contributed by atoms with Gasteiger partial charge >= 0.3 is 0 Å². The molecule has 0 spiro atoms. The lowest BCUT2D eigenvalue weighted by molar-refractivity contribution is -0.117. The van der Waals surface area contributed by atoms with E-state index in [0.717, 1.165) is 17.0 Å². The van der Waals surface area contributed by atoms with Crippen LogP contribution in [0.25, 0.3) is 0 Å². The molecule has 0 fully saturated rings. The molecular weight excluding hydrogens is 279 g/mol. The Hall–Kier alpha value is -1.68. The van der Waals surface area contributed by atoms with Crippen molar-refractivity contribution in [2.45, 2.75) is 26.7 Å². The summed E-state index contributed by atoms with van der Waals surface area (Å²) in [6.07, 6.45) is 0.512. The van der Waals surface area contributed by atoms with E-state index >= 15 is 0 Å². The molecule has 5 heteroatoms. The van der Waals surface area contributed by atoms with Crippen molar-refractivity contribution in [3.63, 3.8) is 0 Å². The quantitative estimate of drug-likeness (QED) is 0.868. The second kappa shape index (κ2) is 5.75. The Balaban J connectivity index is 2.11. The molecule has 1 aromatic heterocycles. The van der Waals surface area contributed by atoms with Crippen molar-refractivity contribution >= 4 is 17.4 Å². The minimum absolute atomic E-state index is 0.0333. The highest BCUT2D eigenvalue weighted by molar-refractivity contribution is 6.30. The molecule has 0 radical (unpaired) electrons. The zero-order chi connectivity index (χ0) is 14.9. The Labute approximate surface area is 122 Å². The summed E-state index contributed by atoms with van der Waals surface area (Å²) >= 11 is 5.62. The van der Waals surface area contributed by atoms with Gasteiger partial charge in [0.15, 0.2) is 0 Å². The molecule has 1 aromatic carbocycles. The topological polar surface area (TPSA) is 34.9 Å². The smallest absolute Gasteiger partial charge is 0.142 e. The Morgan fingerprint density at radius 3 is 2.60 bits per heavy atom. The molecule has 3 nitrogen and oxygen atoms in total. The van der Waals surface area contributed by atoms with Gasteiger partial charge < -0.3 is 0 Å². The van der Waals surface area contributed by atoms with E-state index < -0.39 is 5.82 Å². The van der Waals surface area contributed by atoms with Gasteiger partial charge in [0.05, 0.1) is 10.7 Å². The number of hydrogen-bond acceptors (Lipinski definition) is 2. The molecule has 0 saturated carbocycles. The van der Waals surface area contributed by atoms with E-state index in [9.17, 15) is 9.18 Å². The van der Waals surface area contributed by atoms with Crippen LogP contribution < -0.4 is 0 Å². The zero-order valence-corrected chi connectivity index (χ0v) is 12.5. The van der Waals surface area contributed by atoms with Crippen LogP contribution in [0, 0.1) is 19.7 Å². The molecule has 0 amide bonds. The SMILES string of the molecule is Cc1nn(C)c(C)c1CC(=O)Cc1ccc(Cl)c(F)c1. The van der Waals surface area contributed by atoms with Gasteiger partial charge in [-0.05, 0) is 31.5 Å². The van der Waals surface area contributed by atoms with Gasteiger partial charge in [0.25, 0.3) is 0 Å². The average molecular weight is 295 g/mol. The first-order chi connectivity index (χ1) is 9.38. The number of nitrogens with zero attached hydrogens (tertiary/aromatic N) is 2. The number of halogens is 2. The van der Waals surface area contributed by atoms with Crippen molar-refractivity contribution in [1.82, 2.24) is 9.78 Å². The van der Waals surface area contributed by atoms with Crippen LogP contribution in [0.1, 0.15) is 22.5 Å². The van der Waals surface area contributed by atoms with E-state index in [4.69, 9.17) is 11.6 Å². The first-order valence-electron chi connectivity index (χ1n) is 6.33. The van der Waals surface area contributed by atoms with Crippen molar-refractivity contribution in [3.8, 4) is 0 Å².